The van der Waals surface area contributed by atoms with Gasteiger partial charge in [0.15, 0.2) is 0 Å². The van der Waals surface area contributed by atoms with Crippen LogP contribution in [0.3, 0.4) is 0 Å². The molecule has 0 saturated heterocycles. The van der Waals surface area contributed by atoms with E-state index in [4.69, 9.17) is 11.5 Å². The molecule has 190 valence electrons. The monoisotopic (exact) mass is 708 g/mol. The molecule has 0 radical (unpaired) electrons. The minimum absolute atomic E-state index is 0.0934. The van der Waals surface area contributed by atoms with Crippen molar-refractivity contribution in [2.75, 3.05) is 6.54 Å². The van der Waals surface area contributed by atoms with Gasteiger partial charge in [-0.2, -0.15) is 0 Å². The predicted octanol–water partition coefficient (Wildman–Crippen LogP) is 1.90. The lowest BCUT2D eigenvalue weighted by Gasteiger charge is -2.23. The van der Waals surface area contributed by atoms with Crippen molar-refractivity contribution in [2.24, 2.45) is 11.5 Å². The van der Waals surface area contributed by atoms with E-state index in [1.165, 1.54) is 0 Å². The quantitative estimate of drug-likeness (QED) is 0.137. The summed E-state index contributed by atoms with van der Waals surface area (Å²) in [5, 5.41) is 25.0. The molecule has 2 aromatic rings. The second-order valence-corrected chi connectivity index (χ2v) is 10.5. The Morgan fingerprint density at radius 3 is 2.03 bits per heavy atom. The van der Waals surface area contributed by atoms with E-state index < -0.39 is 35.9 Å². The van der Waals surface area contributed by atoms with Crippen molar-refractivity contribution in [3.05, 3.63) is 60.7 Å². The van der Waals surface area contributed by atoms with Gasteiger partial charge in [0.1, 0.15) is 17.8 Å². The van der Waals surface area contributed by atoms with Crippen LogP contribution in [-0.4, -0.2) is 52.7 Å². The molecule has 0 aliphatic heterocycles. The summed E-state index contributed by atoms with van der Waals surface area (Å²) in [5.41, 5.74) is 13.0. The molecular formula is C24H30I2N4O5. The smallest absolute Gasteiger partial charge is 0.326 e. The summed E-state index contributed by atoms with van der Waals surface area (Å²) in [5.74, 6) is -2.18. The Bertz CT molecular complexity index is 999. The maximum absolute atomic E-state index is 13.2. The Kier molecular flexibility index (Phi) is 12.2. The minimum Gasteiger partial charge on any atom is -0.506 e. The van der Waals surface area contributed by atoms with Crippen LogP contribution < -0.4 is 22.1 Å². The molecule has 0 bridgehead atoms. The summed E-state index contributed by atoms with van der Waals surface area (Å²) in [6, 6.07) is 9.33. The molecule has 0 aliphatic carbocycles. The molecule has 2 rings (SSSR count). The highest BCUT2D eigenvalue weighted by molar-refractivity contribution is 14.1. The van der Waals surface area contributed by atoms with E-state index in [1.807, 2.05) is 51.2 Å². The Balaban J connectivity index is 2.22. The number of hydrogen-bond acceptors (Lipinski definition) is 6. The van der Waals surface area contributed by atoms with Crippen molar-refractivity contribution in [1.82, 2.24) is 10.6 Å². The van der Waals surface area contributed by atoms with Gasteiger partial charge in [0, 0.05) is 12.8 Å². The third-order valence-electron chi connectivity index (χ3n) is 5.35. The van der Waals surface area contributed by atoms with Gasteiger partial charge in [-0.15, -0.1) is 0 Å². The van der Waals surface area contributed by atoms with E-state index in [-0.39, 0.29) is 18.6 Å². The molecule has 35 heavy (non-hydrogen) atoms. The van der Waals surface area contributed by atoms with Crippen LogP contribution in [0.25, 0.3) is 0 Å². The van der Waals surface area contributed by atoms with Crippen LogP contribution in [0.2, 0.25) is 0 Å². The van der Waals surface area contributed by atoms with Gasteiger partial charge >= 0.3 is 5.97 Å². The molecule has 0 aliphatic rings. The average Bonchev–Trinajstić information content (AvgIpc) is 2.82. The number of amides is 2. The molecule has 0 fully saturated rings. The number of rotatable bonds is 13. The largest absolute Gasteiger partial charge is 0.506 e. The lowest BCUT2D eigenvalue weighted by atomic mass is 10.0. The van der Waals surface area contributed by atoms with E-state index in [9.17, 15) is 24.6 Å². The number of phenolic OH excluding ortho intramolecular Hbond substituents is 1. The lowest BCUT2D eigenvalue weighted by molar-refractivity contribution is -0.142. The molecule has 0 spiro atoms. The average molecular weight is 708 g/mol. The van der Waals surface area contributed by atoms with Gasteiger partial charge in [0.25, 0.3) is 0 Å². The maximum atomic E-state index is 13.2. The first-order valence-electron chi connectivity index (χ1n) is 11.1. The Morgan fingerprint density at radius 2 is 1.46 bits per heavy atom. The molecular weight excluding hydrogens is 678 g/mol. The van der Waals surface area contributed by atoms with Crippen molar-refractivity contribution in [3.63, 3.8) is 0 Å². The Morgan fingerprint density at radius 1 is 0.886 bits per heavy atom. The summed E-state index contributed by atoms with van der Waals surface area (Å²) >= 11 is 3.97. The highest BCUT2D eigenvalue weighted by Crippen LogP contribution is 2.28. The Hall–Kier alpha value is -1.97. The molecule has 11 heteroatoms. The summed E-state index contributed by atoms with van der Waals surface area (Å²) in [6.45, 7) is 0.496. The lowest BCUT2D eigenvalue weighted by Crippen LogP contribution is -2.55. The van der Waals surface area contributed by atoms with Gasteiger partial charge in [0.05, 0.1) is 13.2 Å². The standard InChI is InChI=1S/C24H30I2N4O5/c25-16-10-15(11-17(26)21(16)31)13-19(29-22(32)18(28)8-4-5-9-27)23(33)30-20(24(34)35)12-14-6-2-1-3-7-14/h1-3,6-7,10-11,18-20,31H,4-5,8-9,12-13,27-28H2,(H,29,32)(H,30,33)(H,34,35)/t18-,19-,20-/m0/s1. The van der Waals surface area contributed by atoms with Crippen LogP contribution >= 0.6 is 45.2 Å². The maximum Gasteiger partial charge on any atom is 0.326 e. The van der Waals surface area contributed by atoms with Crippen molar-refractivity contribution in [3.8, 4) is 5.75 Å². The highest BCUT2D eigenvalue weighted by Gasteiger charge is 2.28. The number of aliphatic carboxylic acids is 1. The van der Waals surface area contributed by atoms with Crippen LogP contribution in [0.15, 0.2) is 42.5 Å². The second-order valence-electron chi connectivity index (χ2n) is 8.15. The third kappa shape index (κ3) is 9.54. The molecule has 2 amide bonds. The molecule has 0 heterocycles. The first kappa shape index (κ1) is 29.3. The first-order valence-corrected chi connectivity index (χ1v) is 13.3. The van der Waals surface area contributed by atoms with Crippen molar-refractivity contribution >= 4 is 63.0 Å². The predicted molar refractivity (Wildman–Crippen MR) is 150 cm³/mol. The van der Waals surface area contributed by atoms with Gasteiger partial charge in [-0.25, -0.2) is 4.79 Å². The zero-order valence-electron chi connectivity index (χ0n) is 19.0. The fraction of sp³-hybridized carbons (Fsp3) is 0.375. The van der Waals surface area contributed by atoms with E-state index in [2.05, 4.69) is 10.6 Å². The number of aromatic hydroxyl groups is 1. The molecule has 2 aromatic carbocycles. The molecule has 0 aromatic heterocycles. The number of carbonyl (C=O) groups is 3. The minimum atomic E-state index is -1.18. The van der Waals surface area contributed by atoms with Gasteiger partial charge < -0.3 is 32.3 Å². The topological polar surface area (TPSA) is 168 Å². The van der Waals surface area contributed by atoms with Gasteiger partial charge in [-0.1, -0.05) is 36.8 Å². The third-order valence-corrected chi connectivity index (χ3v) is 7.00. The zero-order valence-corrected chi connectivity index (χ0v) is 23.4. The molecule has 0 unspecified atom stereocenters. The highest BCUT2D eigenvalue weighted by atomic mass is 127. The van der Waals surface area contributed by atoms with Gasteiger partial charge in [-0.3, -0.25) is 9.59 Å². The van der Waals surface area contributed by atoms with Crippen LogP contribution in [-0.2, 0) is 27.2 Å². The molecule has 8 N–H and O–H groups in total. The fourth-order valence-corrected chi connectivity index (χ4v) is 5.32. The number of carbonyl (C=O) groups excluding carboxylic acids is 2. The molecule has 0 saturated carbocycles. The number of carboxylic acid groups (broad SMARTS) is 1. The SMILES string of the molecule is NCCCC[C@H](N)C(=O)N[C@@H](Cc1cc(I)c(O)c(I)c1)C(=O)N[C@@H](Cc1ccccc1)C(=O)O. The summed E-state index contributed by atoms with van der Waals surface area (Å²) < 4.78 is 1.20. The van der Waals surface area contributed by atoms with E-state index >= 15 is 0 Å². The van der Waals surface area contributed by atoms with E-state index in [0.29, 0.717) is 32.1 Å². The van der Waals surface area contributed by atoms with Crippen molar-refractivity contribution in [2.45, 2.75) is 50.2 Å². The van der Waals surface area contributed by atoms with Crippen LogP contribution in [0.5, 0.6) is 5.75 Å². The number of unbranched alkanes of at least 4 members (excludes halogenated alkanes) is 1. The van der Waals surface area contributed by atoms with Gasteiger partial charge in [0.2, 0.25) is 11.8 Å². The van der Waals surface area contributed by atoms with E-state index in [0.717, 1.165) is 12.0 Å². The number of carboxylic acids is 1. The first-order chi connectivity index (χ1) is 16.6. The number of benzene rings is 2. The number of nitrogens with one attached hydrogen (secondary N) is 2. The molecule has 3 atom stereocenters. The van der Waals surface area contributed by atoms with Crippen molar-refractivity contribution < 1.29 is 24.6 Å². The molecule has 9 nitrogen and oxygen atoms in total. The van der Waals surface area contributed by atoms with Crippen LogP contribution in [0.4, 0.5) is 0 Å². The second kappa shape index (κ2) is 14.6. The van der Waals surface area contributed by atoms with Crippen LogP contribution in [0, 0.1) is 7.14 Å². The number of halogens is 2. The normalized spacial score (nSPS) is 13.5. The number of phenols is 1. The van der Waals surface area contributed by atoms with Crippen LogP contribution in [0.1, 0.15) is 30.4 Å². The number of nitrogens with two attached hydrogens (primary N) is 2. The summed E-state index contributed by atoms with van der Waals surface area (Å²) in [4.78, 5) is 37.8. The zero-order chi connectivity index (χ0) is 26.0. The number of hydrogen-bond donors (Lipinski definition) is 6. The van der Waals surface area contributed by atoms with Crippen molar-refractivity contribution in [1.29, 1.82) is 0 Å². The summed E-state index contributed by atoms with van der Waals surface area (Å²) in [7, 11) is 0. The van der Waals surface area contributed by atoms with E-state index in [1.54, 1.807) is 36.4 Å². The Labute approximate surface area is 231 Å². The summed E-state index contributed by atoms with van der Waals surface area (Å²) in [6.07, 6.45) is 2.01. The van der Waals surface area contributed by atoms with Gasteiger partial charge in [-0.05, 0) is 87.8 Å². The fourth-order valence-electron chi connectivity index (χ4n) is 3.42.